The molecule has 0 aliphatic carbocycles. The molecule has 1 heterocycles. The number of nitriles is 1. The van der Waals surface area contributed by atoms with Gasteiger partial charge < -0.3 is 11.5 Å². The van der Waals surface area contributed by atoms with E-state index >= 15 is 0 Å². The maximum absolute atomic E-state index is 12.4. The SMILES string of the molecule is N#CCc1nc(C(F)F)c(N)cc1CN. The maximum atomic E-state index is 12.4. The molecule has 0 fully saturated rings. The van der Waals surface area contributed by atoms with Gasteiger partial charge in [-0.05, 0) is 11.6 Å². The number of halogens is 2. The van der Waals surface area contributed by atoms with Gasteiger partial charge in [-0.2, -0.15) is 5.26 Å². The third-order valence-corrected chi connectivity index (χ3v) is 1.92. The van der Waals surface area contributed by atoms with E-state index in [1.807, 2.05) is 6.07 Å². The summed E-state index contributed by atoms with van der Waals surface area (Å²) >= 11 is 0. The van der Waals surface area contributed by atoms with E-state index in [1.165, 1.54) is 6.07 Å². The molecule has 4 N–H and O–H groups in total. The Labute approximate surface area is 85.5 Å². The highest BCUT2D eigenvalue weighted by molar-refractivity contribution is 5.48. The molecule has 0 atom stereocenters. The van der Waals surface area contributed by atoms with Crippen molar-refractivity contribution in [1.29, 1.82) is 5.26 Å². The van der Waals surface area contributed by atoms with Crippen molar-refractivity contribution >= 4 is 5.69 Å². The van der Waals surface area contributed by atoms with Crippen molar-refractivity contribution in [1.82, 2.24) is 4.98 Å². The third-order valence-electron chi connectivity index (χ3n) is 1.92. The summed E-state index contributed by atoms with van der Waals surface area (Å²) in [6, 6.07) is 3.19. The first-order chi connectivity index (χ1) is 7.10. The lowest BCUT2D eigenvalue weighted by atomic mass is 10.1. The van der Waals surface area contributed by atoms with Crippen molar-refractivity contribution in [3.05, 3.63) is 23.0 Å². The van der Waals surface area contributed by atoms with Crippen molar-refractivity contribution in [3.63, 3.8) is 0 Å². The Morgan fingerprint density at radius 2 is 2.20 bits per heavy atom. The highest BCUT2D eigenvalue weighted by Crippen LogP contribution is 2.25. The normalized spacial score (nSPS) is 10.3. The van der Waals surface area contributed by atoms with Crippen molar-refractivity contribution < 1.29 is 8.78 Å². The summed E-state index contributed by atoms with van der Waals surface area (Å²) in [5.41, 5.74) is 11.0. The molecule has 0 aliphatic rings. The number of hydrogen-bond acceptors (Lipinski definition) is 4. The quantitative estimate of drug-likeness (QED) is 0.785. The molecule has 1 aromatic heterocycles. The molecule has 0 spiro atoms. The molecule has 0 bridgehead atoms. The minimum absolute atomic E-state index is 0.0491. The lowest BCUT2D eigenvalue weighted by Crippen LogP contribution is -2.09. The summed E-state index contributed by atoms with van der Waals surface area (Å²) in [5.74, 6) is 0. The second-order valence-electron chi connectivity index (χ2n) is 2.91. The van der Waals surface area contributed by atoms with Gasteiger partial charge in [0.05, 0.1) is 23.9 Å². The van der Waals surface area contributed by atoms with Crippen LogP contribution in [0.3, 0.4) is 0 Å². The smallest absolute Gasteiger partial charge is 0.282 e. The number of anilines is 1. The van der Waals surface area contributed by atoms with Crippen LogP contribution < -0.4 is 11.5 Å². The van der Waals surface area contributed by atoms with E-state index in [4.69, 9.17) is 16.7 Å². The van der Waals surface area contributed by atoms with Crippen LogP contribution in [0.25, 0.3) is 0 Å². The van der Waals surface area contributed by atoms with Crippen LogP contribution in [0.5, 0.6) is 0 Å². The second kappa shape index (κ2) is 4.66. The summed E-state index contributed by atoms with van der Waals surface area (Å²) in [4.78, 5) is 3.65. The van der Waals surface area contributed by atoms with Gasteiger partial charge in [-0.3, -0.25) is 0 Å². The van der Waals surface area contributed by atoms with Gasteiger partial charge in [0.15, 0.2) is 0 Å². The molecule has 0 aliphatic heterocycles. The Bertz CT molecular complexity index is 398. The van der Waals surface area contributed by atoms with E-state index < -0.39 is 12.1 Å². The van der Waals surface area contributed by atoms with E-state index in [-0.39, 0.29) is 24.3 Å². The molecule has 0 aromatic carbocycles. The lowest BCUT2D eigenvalue weighted by molar-refractivity contribution is 0.146. The molecule has 4 nitrogen and oxygen atoms in total. The highest BCUT2D eigenvalue weighted by atomic mass is 19.3. The number of nitrogens with two attached hydrogens (primary N) is 2. The van der Waals surface area contributed by atoms with E-state index in [2.05, 4.69) is 4.98 Å². The predicted octanol–water partition coefficient (Wildman–Crippen LogP) is 1.13. The van der Waals surface area contributed by atoms with E-state index in [0.29, 0.717) is 5.56 Å². The van der Waals surface area contributed by atoms with Gasteiger partial charge in [0.1, 0.15) is 5.69 Å². The predicted molar refractivity (Wildman–Crippen MR) is 50.8 cm³/mol. The van der Waals surface area contributed by atoms with Crippen LogP contribution in [0, 0.1) is 11.3 Å². The number of nitrogens with zero attached hydrogens (tertiary/aromatic N) is 2. The first-order valence-corrected chi connectivity index (χ1v) is 4.23. The molecule has 0 radical (unpaired) electrons. The monoisotopic (exact) mass is 212 g/mol. The Hall–Kier alpha value is -1.74. The molecule has 1 rings (SSSR count). The molecular weight excluding hydrogens is 202 g/mol. The first kappa shape index (κ1) is 11.3. The summed E-state index contributed by atoms with van der Waals surface area (Å²) < 4.78 is 24.9. The maximum Gasteiger partial charge on any atom is 0.282 e. The number of hydrogen-bond donors (Lipinski definition) is 2. The van der Waals surface area contributed by atoms with Gasteiger partial charge in [0.2, 0.25) is 0 Å². The van der Waals surface area contributed by atoms with E-state index in [0.717, 1.165) is 0 Å². The molecule has 0 unspecified atom stereocenters. The molecule has 6 heteroatoms. The van der Waals surface area contributed by atoms with Gasteiger partial charge >= 0.3 is 0 Å². The molecule has 0 saturated heterocycles. The number of alkyl halides is 2. The minimum atomic E-state index is -2.74. The molecular formula is C9H10F2N4. The minimum Gasteiger partial charge on any atom is -0.397 e. The van der Waals surface area contributed by atoms with Crippen LogP contribution in [0.2, 0.25) is 0 Å². The van der Waals surface area contributed by atoms with Crippen LogP contribution in [0.15, 0.2) is 6.07 Å². The average Bonchev–Trinajstić information content (AvgIpc) is 2.20. The van der Waals surface area contributed by atoms with Gasteiger partial charge in [0, 0.05) is 6.54 Å². The summed E-state index contributed by atoms with van der Waals surface area (Å²) in [6.07, 6.45) is -2.79. The summed E-state index contributed by atoms with van der Waals surface area (Å²) in [7, 11) is 0. The van der Waals surface area contributed by atoms with Crippen LogP contribution >= 0.6 is 0 Å². The van der Waals surface area contributed by atoms with Crippen LogP contribution in [0.4, 0.5) is 14.5 Å². The fraction of sp³-hybridized carbons (Fsp3) is 0.333. The molecule has 15 heavy (non-hydrogen) atoms. The van der Waals surface area contributed by atoms with Gasteiger partial charge in [-0.1, -0.05) is 0 Å². The number of rotatable bonds is 3. The molecule has 1 aromatic rings. The van der Waals surface area contributed by atoms with Gasteiger partial charge in [0.25, 0.3) is 6.43 Å². The van der Waals surface area contributed by atoms with Crippen molar-refractivity contribution in [2.24, 2.45) is 5.73 Å². The van der Waals surface area contributed by atoms with Crippen LogP contribution in [0.1, 0.15) is 23.4 Å². The van der Waals surface area contributed by atoms with Crippen LogP contribution in [-0.4, -0.2) is 4.98 Å². The molecule has 0 saturated carbocycles. The number of aromatic nitrogens is 1. The molecule has 0 amide bonds. The van der Waals surface area contributed by atoms with Crippen molar-refractivity contribution in [3.8, 4) is 6.07 Å². The fourth-order valence-corrected chi connectivity index (χ4v) is 1.21. The lowest BCUT2D eigenvalue weighted by Gasteiger charge is -2.09. The van der Waals surface area contributed by atoms with Gasteiger partial charge in [-0.25, -0.2) is 13.8 Å². The van der Waals surface area contributed by atoms with Crippen molar-refractivity contribution in [2.75, 3.05) is 5.73 Å². The average molecular weight is 212 g/mol. The highest BCUT2D eigenvalue weighted by Gasteiger charge is 2.16. The number of pyridine rings is 1. The van der Waals surface area contributed by atoms with Crippen LogP contribution in [-0.2, 0) is 13.0 Å². The molecule has 80 valence electrons. The van der Waals surface area contributed by atoms with Crippen molar-refractivity contribution in [2.45, 2.75) is 19.4 Å². The fourth-order valence-electron chi connectivity index (χ4n) is 1.21. The Balaban J connectivity index is 3.25. The van der Waals surface area contributed by atoms with E-state index in [1.54, 1.807) is 0 Å². The number of nitrogen functional groups attached to an aromatic ring is 1. The summed E-state index contributed by atoms with van der Waals surface area (Å²) in [5, 5.41) is 8.49. The zero-order chi connectivity index (χ0) is 11.4. The second-order valence-corrected chi connectivity index (χ2v) is 2.91. The van der Waals surface area contributed by atoms with E-state index in [9.17, 15) is 8.78 Å². The van der Waals surface area contributed by atoms with Gasteiger partial charge in [-0.15, -0.1) is 0 Å². The zero-order valence-corrected chi connectivity index (χ0v) is 7.87. The summed E-state index contributed by atoms with van der Waals surface area (Å²) in [6.45, 7) is 0.123. The largest absolute Gasteiger partial charge is 0.397 e. The zero-order valence-electron chi connectivity index (χ0n) is 7.87. The first-order valence-electron chi connectivity index (χ1n) is 4.23. The Kier molecular flexibility index (Phi) is 3.52. The third kappa shape index (κ3) is 2.39. The standard InChI is InChI=1S/C9H10F2N4/c10-9(11)8-6(14)3-5(4-13)7(15-8)1-2-12/h3,9H,1,4,13-14H2. The Morgan fingerprint density at radius 1 is 1.53 bits per heavy atom. The topological polar surface area (TPSA) is 88.7 Å². The Morgan fingerprint density at radius 3 is 2.67 bits per heavy atom.